The van der Waals surface area contributed by atoms with Gasteiger partial charge < -0.3 is 0 Å². The van der Waals surface area contributed by atoms with E-state index in [9.17, 15) is 0 Å². The second-order valence-electron chi connectivity index (χ2n) is 7.15. The fourth-order valence-corrected chi connectivity index (χ4v) is 6.91. The highest BCUT2D eigenvalue weighted by atomic mass is 32.1. The van der Waals surface area contributed by atoms with Gasteiger partial charge in [-0.25, -0.2) is 0 Å². The highest BCUT2D eigenvalue weighted by molar-refractivity contribution is 7.26. The molecule has 0 N–H and O–H groups in total. The molecule has 4 rings (SSSR count). The van der Waals surface area contributed by atoms with Gasteiger partial charge in [0.25, 0.3) is 0 Å². The Morgan fingerprint density at radius 3 is 1.92 bits per heavy atom. The van der Waals surface area contributed by atoms with E-state index < -0.39 is 0 Å². The molecule has 1 aliphatic rings. The summed E-state index contributed by atoms with van der Waals surface area (Å²) in [6, 6.07) is 8.93. The highest BCUT2D eigenvalue weighted by Crippen LogP contribution is 2.48. The van der Waals surface area contributed by atoms with Crippen molar-refractivity contribution in [2.75, 3.05) is 6.54 Å². The molecule has 0 unspecified atom stereocenters. The molecular formula is C22H27NS3. The van der Waals surface area contributed by atoms with Crippen molar-refractivity contribution in [2.45, 2.75) is 58.5 Å². The van der Waals surface area contributed by atoms with E-state index in [-0.39, 0.29) is 0 Å². The number of thiophene rings is 3. The van der Waals surface area contributed by atoms with Gasteiger partial charge in [0.15, 0.2) is 0 Å². The Bertz CT molecular complexity index is 740. The molecule has 0 aliphatic carbocycles. The third kappa shape index (κ3) is 3.99. The van der Waals surface area contributed by atoms with Crippen LogP contribution in [0.4, 0.5) is 0 Å². The lowest BCUT2D eigenvalue weighted by Crippen LogP contribution is -2.17. The van der Waals surface area contributed by atoms with E-state index in [1.165, 1.54) is 64.6 Å². The molecule has 0 amide bonds. The monoisotopic (exact) mass is 401 g/mol. The number of unbranched alkanes of at least 4 members (excludes halogenated alkanes) is 5. The smallest absolute Gasteiger partial charge is 0.0497 e. The number of hydrogen-bond donors (Lipinski definition) is 0. The molecule has 0 saturated heterocycles. The molecule has 0 bridgehead atoms. The fourth-order valence-electron chi connectivity index (χ4n) is 3.82. The number of rotatable bonds is 9. The molecule has 1 aliphatic heterocycles. The largest absolute Gasteiger partial charge is 0.295 e. The van der Waals surface area contributed by atoms with Crippen molar-refractivity contribution >= 4 is 34.0 Å². The lowest BCUT2D eigenvalue weighted by molar-refractivity contribution is 0.276. The van der Waals surface area contributed by atoms with E-state index in [1.54, 1.807) is 11.1 Å². The van der Waals surface area contributed by atoms with Gasteiger partial charge in [-0.05, 0) is 47.0 Å². The Hall–Kier alpha value is -0.940. The summed E-state index contributed by atoms with van der Waals surface area (Å²) >= 11 is 5.77. The van der Waals surface area contributed by atoms with Crippen LogP contribution in [0, 0.1) is 0 Å². The van der Waals surface area contributed by atoms with Crippen molar-refractivity contribution in [1.29, 1.82) is 0 Å². The summed E-state index contributed by atoms with van der Waals surface area (Å²) in [6.07, 6.45) is 8.29. The van der Waals surface area contributed by atoms with Gasteiger partial charge in [0, 0.05) is 32.6 Å². The van der Waals surface area contributed by atoms with Crippen molar-refractivity contribution in [3.63, 3.8) is 0 Å². The van der Waals surface area contributed by atoms with E-state index >= 15 is 0 Å². The molecular weight excluding hydrogens is 374 g/mol. The second kappa shape index (κ2) is 8.83. The van der Waals surface area contributed by atoms with Crippen LogP contribution in [-0.2, 0) is 13.1 Å². The standard InChI is InChI=1S/C22H27NS3/c1-2-3-4-5-6-7-12-23-15-17-18(16-23)22(20-11-9-14-25-20)26-21(17)19-10-8-13-24-19/h8-11,13-14H,2-7,12,15-16H2,1H3. The summed E-state index contributed by atoms with van der Waals surface area (Å²) in [7, 11) is 0. The Labute approximate surface area is 169 Å². The summed E-state index contributed by atoms with van der Waals surface area (Å²) in [5, 5.41) is 4.41. The molecule has 0 aromatic carbocycles. The summed E-state index contributed by atoms with van der Waals surface area (Å²) in [5.41, 5.74) is 3.21. The van der Waals surface area contributed by atoms with Crippen LogP contribution in [0.15, 0.2) is 35.0 Å². The number of fused-ring (bicyclic) bond motifs is 1. The van der Waals surface area contributed by atoms with Crippen molar-refractivity contribution in [2.24, 2.45) is 0 Å². The normalized spacial score (nSPS) is 14.2. The first-order valence-electron chi connectivity index (χ1n) is 9.81. The molecule has 0 fully saturated rings. The van der Waals surface area contributed by atoms with Crippen molar-refractivity contribution in [3.8, 4) is 19.5 Å². The SMILES string of the molecule is CCCCCCCCN1Cc2c(-c3cccs3)sc(-c3cccs3)c2C1. The Morgan fingerprint density at radius 1 is 0.808 bits per heavy atom. The topological polar surface area (TPSA) is 3.24 Å². The fraction of sp³-hybridized carbons (Fsp3) is 0.455. The number of nitrogens with zero attached hydrogens (tertiary/aromatic N) is 1. The highest BCUT2D eigenvalue weighted by Gasteiger charge is 2.28. The molecule has 0 radical (unpaired) electrons. The van der Waals surface area contributed by atoms with E-state index in [0.717, 1.165) is 13.1 Å². The summed E-state index contributed by atoms with van der Waals surface area (Å²) < 4.78 is 0. The van der Waals surface area contributed by atoms with Crippen LogP contribution in [-0.4, -0.2) is 11.4 Å². The average Bonchev–Trinajstić information content (AvgIpc) is 3.42. The predicted molar refractivity (Wildman–Crippen MR) is 118 cm³/mol. The van der Waals surface area contributed by atoms with E-state index in [4.69, 9.17) is 0 Å². The van der Waals surface area contributed by atoms with E-state index in [1.807, 2.05) is 34.0 Å². The van der Waals surface area contributed by atoms with Crippen molar-refractivity contribution < 1.29 is 0 Å². The van der Waals surface area contributed by atoms with Gasteiger partial charge >= 0.3 is 0 Å². The lowest BCUT2D eigenvalue weighted by Gasteiger charge is -2.15. The molecule has 0 spiro atoms. The van der Waals surface area contributed by atoms with Crippen molar-refractivity contribution in [1.82, 2.24) is 4.90 Å². The van der Waals surface area contributed by atoms with Gasteiger partial charge in [0.2, 0.25) is 0 Å². The molecule has 0 saturated carbocycles. The molecule has 26 heavy (non-hydrogen) atoms. The lowest BCUT2D eigenvalue weighted by atomic mass is 10.1. The molecule has 0 atom stereocenters. The maximum absolute atomic E-state index is 2.67. The van der Waals surface area contributed by atoms with Crippen LogP contribution in [0.1, 0.15) is 56.6 Å². The molecule has 3 aromatic rings. The van der Waals surface area contributed by atoms with Crippen LogP contribution in [0.2, 0.25) is 0 Å². The minimum Gasteiger partial charge on any atom is -0.295 e. The van der Waals surface area contributed by atoms with Gasteiger partial charge in [-0.3, -0.25) is 4.90 Å². The van der Waals surface area contributed by atoms with Gasteiger partial charge in [0.1, 0.15) is 0 Å². The maximum Gasteiger partial charge on any atom is 0.0497 e. The van der Waals surface area contributed by atoms with Crippen LogP contribution in [0.5, 0.6) is 0 Å². The zero-order valence-corrected chi connectivity index (χ0v) is 17.9. The summed E-state index contributed by atoms with van der Waals surface area (Å²) in [4.78, 5) is 8.59. The third-order valence-electron chi connectivity index (χ3n) is 5.20. The van der Waals surface area contributed by atoms with Crippen molar-refractivity contribution in [3.05, 3.63) is 46.2 Å². The van der Waals surface area contributed by atoms with Gasteiger partial charge in [-0.1, -0.05) is 51.2 Å². The minimum absolute atomic E-state index is 1.14. The Morgan fingerprint density at radius 2 is 1.38 bits per heavy atom. The zero-order chi connectivity index (χ0) is 17.8. The second-order valence-corrected chi connectivity index (χ2v) is 10.1. The minimum atomic E-state index is 1.14. The predicted octanol–water partition coefficient (Wildman–Crippen LogP) is 7.88. The first-order chi connectivity index (χ1) is 12.9. The third-order valence-corrected chi connectivity index (χ3v) is 8.57. The van der Waals surface area contributed by atoms with Crippen LogP contribution < -0.4 is 0 Å². The Kier molecular flexibility index (Phi) is 6.26. The Balaban J connectivity index is 1.47. The molecule has 4 heterocycles. The quantitative estimate of drug-likeness (QED) is 0.330. The first-order valence-corrected chi connectivity index (χ1v) is 12.4. The maximum atomic E-state index is 2.67. The average molecular weight is 402 g/mol. The zero-order valence-electron chi connectivity index (χ0n) is 15.5. The van der Waals surface area contributed by atoms with Crippen LogP contribution in [0.25, 0.3) is 19.5 Å². The molecule has 1 nitrogen and oxygen atoms in total. The summed E-state index contributed by atoms with van der Waals surface area (Å²) in [5.74, 6) is 0. The number of hydrogen-bond acceptors (Lipinski definition) is 4. The molecule has 138 valence electrons. The van der Waals surface area contributed by atoms with Gasteiger partial charge in [-0.15, -0.1) is 34.0 Å². The first kappa shape index (κ1) is 18.4. The van der Waals surface area contributed by atoms with Crippen LogP contribution in [0.3, 0.4) is 0 Å². The molecule has 4 heteroatoms. The molecule has 3 aromatic heterocycles. The van der Waals surface area contributed by atoms with Gasteiger partial charge in [0.05, 0.1) is 0 Å². The van der Waals surface area contributed by atoms with Gasteiger partial charge in [-0.2, -0.15) is 0 Å². The summed E-state index contributed by atoms with van der Waals surface area (Å²) in [6.45, 7) is 5.82. The van der Waals surface area contributed by atoms with Crippen LogP contribution >= 0.6 is 34.0 Å². The van der Waals surface area contributed by atoms with E-state index in [2.05, 4.69) is 46.8 Å². The van der Waals surface area contributed by atoms with E-state index in [0.29, 0.717) is 0 Å².